The van der Waals surface area contributed by atoms with Crippen LogP contribution in [0.25, 0.3) is 5.65 Å². The van der Waals surface area contributed by atoms with E-state index in [-0.39, 0.29) is 0 Å². The van der Waals surface area contributed by atoms with Gasteiger partial charge in [0.2, 0.25) is 0 Å². The number of hydrogen-bond acceptors (Lipinski definition) is 3. The van der Waals surface area contributed by atoms with Crippen molar-refractivity contribution < 1.29 is 0 Å². The summed E-state index contributed by atoms with van der Waals surface area (Å²) < 4.78 is 2.09. The average molecular weight is 311 g/mol. The van der Waals surface area contributed by atoms with Crippen LogP contribution in [-0.4, -0.2) is 15.6 Å². The van der Waals surface area contributed by atoms with Crippen molar-refractivity contribution in [1.82, 2.24) is 14.7 Å². The Morgan fingerprint density at radius 3 is 2.82 bits per heavy atom. The van der Waals surface area contributed by atoms with Crippen molar-refractivity contribution in [3.63, 3.8) is 0 Å². The van der Waals surface area contributed by atoms with Gasteiger partial charge in [-0.2, -0.15) is 0 Å². The van der Waals surface area contributed by atoms with Gasteiger partial charge in [-0.15, -0.1) is 11.8 Å². The molecule has 0 saturated heterocycles. The predicted octanol–water partition coefficient (Wildman–Crippen LogP) is 4.22. The summed E-state index contributed by atoms with van der Waals surface area (Å²) in [5.41, 5.74) is 4.65. The van der Waals surface area contributed by atoms with Crippen LogP contribution in [0.2, 0.25) is 0 Å². The number of nitrogens with one attached hydrogen (secondary N) is 1. The minimum atomic E-state index is 0.301. The monoisotopic (exact) mass is 311 g/mol. The molecule has 0 bridgehead atoms. The van der Waals surface area contributed by atoms with E-state index in [9.17, 15) is 0 Å². The summed E-state index contributed by atoms with van der Waals surface area (Å²) in [7, 11) is 0. The van der Waals surface area contributed by atoms with Gasteiger partial charge in [-0.25, -0.2) is 4.98 Å². The van der Waals surface area contributed by atoms with Crippen LogP contribution in [-0.2, 0) is 6.54 Å². The Bertz CT molecular complexity index is 779. The van der Waals surface area contributed by atoms with E-state index in [4.69, 9.17) is 0 Å². The Balaban J connectivity index is 1.73. The molecule has 0 aliphatic heterocycles. The number of rotatable bonds is 5. The first-order chi connectivity index (χ1) is 10.7. The second-order valence-corrected chi connectivity index (χ2v) is 6.40. The summed E-state index contributed by atoms with van der Waals surface area (Å²) >= 11 is 1.79. The molecule has 3 aromatic rings. The SMILES string of the molecule is CSc1ccccc1[C@@H](C)NCc1cn2cc(C)ccc2n1. The third-order valence-corrected chi connectivity index (χ3v) is 4.66. The lowest BCUT2D eigenvalue weighted by atomic mass is 10.1. The van der Waals surface area contributed by atoms with E-state index in [0.717, 1.165) is 17.9 Å². The summed E-state index contributed by atoms with van der Waals surface area (Å²) in [6.07, 6.45) is 6.33. The Morgan fingerprint density at radius 1 is 1.18 bits per heavy atom. The number of imidazole rings is 1. The molecule has 1 aromatic carbocycles. The third kappa shape index (κ3) is 3.18. The second-order valence-electron chi connectivity index (χ2n) is 5.55. The standard InChI is InChI=1S/C18H21N3S/c1-13-8-9-18-20-15(12-21(18)11-13)10-19-14(2)16-6-4-5-7-17(16)22-3/h4-9,11-12,14,19H,10H2,1-3H3/t14-/m1/s1. The van der Waals surface area contributed by atoms with Crippen LogP contribution in [0.1, 0.15) is 29.8 Å². The molecule has 0 aliphatic carbocycles. The molecule has 3 rings (SSSR count). The summed E-state index contributed by atoms with van der Waals surface area (Å²) in [4.78, 5) is 5.98. The molecule has 0 aliphatic rings. The number of aryl methyl sites for hydroxylation is 1. The van der Waals surface area contributed by atoms with Gasteiger partial charge in [-0.3, -0.25) is 0 Å². The van der Waals surface area contributed by atoms with E-state index < -0.39 is 0 Å². The van der Waals surface area contributed by atoms with Gasteiger partial charge in [0.05, 0.1) is 5.69 Å². The second kappa shape index (κ2) is 6.55. The minimum Gasteiger partial charge on any atom is -0.307 e. The van der Waals surface area contributed by atoms with Gasteiger partial charge < -0.3 is 9.72 Å². The molecule has 2 aromatic heterocycles. The van der Waals surface area contributed by atoms with E-state index in [1.165, 1.54) is 16.0 Å². The molecule has 114 valence electrons. The predicted molar refractivity (Wildman–Crippen MR) is 93.4 cm³/mol. The fraction of sp³-hybridized carbons (Fsp3) is 0.278. The number of benzene rings is 1. The molecule has 0 radical (unpaired) electrons. The summed E-state index contributed by atoms with van der Waals surface area (Å²) in [5, 5.41) is 3.58. The number of aromatic nitrogens is 2. The maximum Gasteiger partial charge on any atom is 0.137 e. The number of thioether (sulfide) groups is 1. The van der Waals surface area contributed by atoms with Crippen molar-refractivity contribution in [1.29, 1.82) is 0 Å². The molecule has 2 heterocycles. The summed E-state index contributed by atoms with van der Waals surface area (Å²) in [6.45, 7) is 5.07. The topological polar surface area (TPSA) is 29.3 Å². The summed E-state index contributed by atoms with van der Waals surface area (Å²) in [5.74, 6) is 0. The highest BCUT2D eigenvalue weighted by Crippen LogP contribution is 2.25. The van der Waals surface area contributed by atoms with E-state index in [1.54, 1.807) is 11.8 Å². The van der Waals surface area contributed by atoms with Crippen molar-refractivity contribution in [2.45, 2.75) is 31.3 Å². The lowest BCUT2D eigenvalue weighted by molar-refractivity contribution is 0.562. The molecular weight excluding hydrogens is 290 g/mol. The molecule has 3 nitrogen and oxygen atoms in total. The van der Waals surface area contributed by atoms with Crippen LogP contribution < -0.4 is 5.32 Å². The molecule has 22 heavy (non-hydrogen) atoms. The van der Waals surface area contributed by atoms with Gasteiger partial charge in [0.15, 0.2) is 0 Å². The molecule has 1 atom stereocenters. The highest BCUT2D eigenvalue weighted by molar-refractivity contribution is 7.98. The van der Waals surface area contributed by atoms with E-state index >= 15 is 0 Å². The zero-order chi connectivity index (χ0) is 15.5. The highest BCUT2D eigenvalue weighted by atomic mass is 32.2. The van der Waals surface area contributed by atoms with Crippen molar-refractivity contribution >= 4 is 17.4 Å². The van der Waals surface area contributed by atoms with Gasteiger partial charge in [-0.05, 0) is 43.4 Å². The number of pyridine rings is 1. The van der Waals surface area contributed by atoms with Gasteiger partial charge >= 0.3 is 0 Å². The normalized spacial score (nSPS) is 12.7. The quantitative estimate of drug-likeness (QED) is 0.716. The van der Waals surface area contributed by atoms with Crippen molar-refractivity contribution in [2.75, 3.05) is 6.26 Å². The van der Waals surface area contributed by atoms with Crippen LogP contribution in [0.3, 0.4) is 0 Å². The first-order valence-corrected chi connectivity index (χ1v) is 8.70. The smallest absolute Gasteiger partial charge is 0.137 e. The number of nitrogens with zero attached hydrogens (tertiary/aromatic N) is 2. The Labute approximate surface area is 135 Å². The molecule has 0 unspecified atom stereocenters. The van der Waals surface area contributed by atoms with Crippen molar-refractivity contribution in [3.05, 3.63) is 65.6 Å². The molecule has 0 saturated carbocycles. The van der Waals surface area contributed by atoms with Gasteiger partial charge in [0, 0.05) is 29.9 Å². The third-order valence-electron chi connectivity index (χ3n) is 3.84. The van der Waals surface area contributed by atoms with Gasteiger partial charge in [-0.1, -0.05) is 24.3 Å². The average Bonchev–Trinajstić information content (AvgIpc) is 2.94. The van der Waals surface area contributed by atoms with Gasteiger partial charge in [0.1, 0.15) is 5.65 Å². The van der Waals surface area contributed by atoms with Crippen LogP contribution in [0, 0.1) is 6.92 Å². The van der Waals surface area contributed by atoms with Crippen LogP contribution in [0.5, 0.6) is 0 Å². The maximum absolute atomic E-state index is 4.66. The Morgan fingerprint density at radius 2 is 2.00 bits per heavy atom. The fourth-order valence-corrected chi connectivity index (χ4v) is 3.33. The molecule has 0 amide bonds. The zero-order valence-electron chi connectivity index (χ0n) is 13.2. The van der Waals surface area contributed by atoms with E-state index in [1.807, 2.05) is 0 Å². The Kier molecular flexibility index (Phi) is 4.50. The lowest BCUT2D eigenvalue weighted by Crippen LogP contribution is -2.18. The fourth-order valence-electron chi connectivity index (χ4n) is 2.63. The van der Waals surface area contributed by atoms with E-state index in [0.29, 0.717) is 6.04 Å². The zero-order valence-corrected chi connectivity index (χ0v) is 14.0. The first-order valence-electron chi connectivity index (χ1n) is 7.48. The summed E-state index contributed by atoms with van der Waals surface area (Å²) in [6, 6.07) is 13.0. The largest absolute Gasteiger partial charge is 0.307 e. The maximum atomic E-state index is 4.66. The lowest BCUT2D eigenvalue weighted by Gasteiger charge is -2.16. The van der Waals surface area contributed by atoms with Crippen LogP contribution >= 0.6 is 11.8 Å². The molecule has 4 heteroatoms. The molecular formula is C18H21N3S. The Hall–Kier alpha value is -1.78. The van der Waals surface area contributed by atoms with E-state index in [2.05, 4.69) is 83.6 Å². The molecule has 0 spiro atoms. The molecule has 0 fully saturated rings. The van der Waals surface area contributed by atoms with Crippen molar-refractivity contribution in [2.24, 2.45) is 0 Å². The first kappa shape index (κ1) is 15.1. The van der Waals surface area contributed by atoms with Gasteiger partial charge in [0.25, 0.3) is 0 Å². The number of hydrogen-bond donors (Lipinski definition) is 1. The van der Waals surface area contributed by atoms with Crippen molar-refractivity contribution in [3.8, 4) is 0 Å². The highest BCUT2D eigenvalue weighted by Gasteiger charge is 2.10. The van der Waals surface area contributed by atoms with Crippen LogP contribution in [0.15, 0.2) is 53.7 Å². The van der Waals surface area contributed by atoms with Crippen LogP contribution in [0.4, 0.5) is 0 Å². The molecule has 1 N–H and O–H groups in total. The minimum absolute atomic E-state index is 0.301. The number of fused-ring (bicyclic) bond motifs is 1.